The van der Waals surface area contributed by atoms with Gasteiger partial charge in [-0.15, -0.1) is 6.42 Å². The third-order valence-electron chi connectivity index (χ3n) is 2.69. The van der Waals surface area contributed by atoms with Crippen LogP contribution in [0.4, 0.5) is 0 Å². The van der Waals surface area contributed by atoms with Gasteiger partial charge >= 0.3 is 0 Å². The predicted molar refractivity (Wildman–Crippen MR) is 73.9 cm³/mol. The van der Waals surface area contributed by atoms with Crippen LogP contribution in [0, 0.1) is 12.3 Å². The minimum atomic E-state index is 0.113. The van der Waals surface area contributed by atoms with Gasteiger partial charge in [-0.3, -0.25) is 5.32 Å². The molecule has 1 aromatic rings. The maximum atomic E-state index is 5.47. The van der Waals surface area contributed by atoms with Crippen molar-refractivity contribution in [1.29, 1.82) is 0 Å². The van der Waals surface area contributed by atoms with E-state index in [2.05, 4.69) is 18.2 Å². The molecular formula is C15H21NO2. The molecule has 0 aliphatic rings. The Morgan fingerprint density at radius 3 is 2.67 bits per heavy atom. The smallest absolute Gasteiger partial charge is 0.161 e. The van der Waals surface area contributed by atoms with Crippen molar-refractivity contribution >= 4 is 0 Å². The summed E-state index contributed by atoms with van der Waals surface area (Å²) in [5, 5.41) is 3.31. The molecule has 0 aliphatic carbocycles. The van der Waals surface area contributed by atoms with E-state index >= 15 is 0 Å². The summed E-state index contributed by atoms with van der Waals surface area (Å²) in [6.07, 6.45) is 6.33. The molecule has 0 aliphatic heterocycles. The molecule has 18 heavy (non-hydrogen) atoms. The standard InChI is InChI=1S/C15H21NO2/c1-5-13(6-2)16-11-12-8-9-14(18-7-3)15(10-12)17-4/h1,8-10,13,16H,6-7,11H2,2-4H3. The zero-order chi connectivity index (χ0) is 13.4. The van der Waals surface area contributed by atoms with Crippen molar-refractivity contribution in [3.63, 3.8) is 0 Å². The molecule has 0 fully saturated rings. The zero-order valence-electron chi connectivity index (χ0n) is 11.3. The quantitative estimate of drug-likeness (QED) is 0.751. The van der Waals surface area contributed by atoms with Crippen molar-refractivity contribution in [1.82, 2.24) is 5.32 Å². The van der Waals surface area contributed by atoms with E-state index in [1.54, 1.807) is 7.11 Å². The molecular weight excluding hydrogens is 226 g/mol. The van der Waals surface area contributed by atoms with Gasteiger partial charge in [0.1, 0.15) is 0 Å². The second-order valence-electron chi connectivity index (χ2n) is 3.93. The number of ether oxygens (including phenoxy) is 2. The van der Waals surface area contributed by atoms with Crippen LogP contribution in [0.5, 0.6) is 11.5 Å². The Morgan fingerprint density at radius 1 is 1.33 bits per heavy atom. The summed E-state index contributed by atoms with van der Waals surface area (Å²) in [6, 6.07) is 6.03. The van der Waals surface area contributed by atoms with E-state index in [1.807, 2.05) is 25.1 Å². The van der Waals surface area contributed by atoms with Crippen molar-refractivity contribution in [2.45, 2.75) is 32.9 Å². The largest absolute Gasteiger partial charge is 0.493 e. The lowest BCUT2D eigenvalue weighted by molar-refractivity contribution is 0.310. The van der Waals surface area contributed by atoms with Crippen LogP contribution in [0.25, 0.3) is 0 Å². The van der Waals surface area contributed by atoms with E-state index in [0.29, 0.717) is 6.61 Å². The van der Waals surface area contributed by atoms with Gasteiger partial charge in [-0.1, -0.05) is 18.9 Å². The molecule has 1 aromatic carbocycles. The fourth-order valence-corrected chi connectivity index (χ4v) is 1.66. The third-order valence-corrected chi connectivity index (χ3v) is 2.69. The van der Waals surface area contributed by atoms with Crippen molar-refractivity contribution < 1.29 is 9.47 Å². The van der Waals surface area contributed by atoms with E-state index in [4.69, 9.17) is 15.9 Å². The van der Waals surface area contributed by atoms with Crippen molar-refractivity contribution in [3.8, 4) is 23.8 Å². The van der Waals surface area contributed by atoms with E-state index < -0.39 is 0 Å². The predicted octanol–water partition coefficient (Wildman–Crippen LogP) is 2.60. The summed E-state index contributed by atoms with van der Waals surface area (Å²) in [4.78, 5) is 0. The average Bonchev–Trinajstić information content (AvgIpc) is 2.41. The first-order chi connectivity index (χ1) is 8.74. The second kappa shape index (κ2) is 7.62. The van der Waals surface area contributed by atoms with Gasteiger partial charge in [0.25, 0.3) is 0 Å². The fourth-order valence-electron chi connectivity index (χ4n) is 1.66. The Kier molecular flexibility index (Phi) is 6.10. The van der Waals surface area contributed by atoms with E-state index in [0.717, 1.165) is 30.0 Å². The Bertz CT molecular complexity index is 409. The summed E-state index contributed by atoms with van der Waals surface area (Å²) < 4.78 is 10.8. The molecule has 0 saturated carbocycles. The molecule has 0 amide bonds. The molecule has 0 saturated heterocycles. The van der Waals surface area contributed by atoms with Crippen LogP contribution < -0.4 is 14.8 Å². The van der Waals surface area contributed by atoms with Gasteiger partial charge in [0, 0.05) is 6.54 Å². The molecule has 0 spiro atoms. The monoisotopic (exact) mass is 247 g/mol. The molecule has 1 atom stereocenters. The van der Waals surface area contributed by atoms with E-state index in [9.17, 15) is 0 Å². The summed E-state index contributed by atoms with van der Waals surface area (Å²) in [7, 11) is 1.64. The first kappa shape index (κ1) is 14.4. The molecule has 0 radical (unpaired) electrons. The summed E-state index contributed by atoms with van der Waals surface area (Å²) in [5.74, 6) is 4.24. The Hall–Kier alpha value is -1.66. The topological polar surface area (TPSA) is 30.5 Å². The van der Waals surface area contributed by atoms with Gasteiger partial charge in [0.2, 0.25) is 0 Å². The van der Waals surface area contributed by atoms with Crippen LogP contribution in [0.15, 0.2) is 18.2 Å². The molecule has 1 rings (SSSR count). The average molecular weight is 247 g/mol. The van der Waals surface area contributed by atoms with Gasteiger partial charge in [0.05, 0.1) is 19.8 Å². The number of terminal acetylenes is 1. The van der Waals surface area contributed by atoms with Crippen LogP contribution in [0.2, 0.25) is 0 Å². The normalized spacial score (nSPS) is 11.7. The molecule has 3 nitrogen and oxygen atoms in total. The molecule has 1 unspecified atom stereocenters. The highest BCUT2D eigenvalue weighted by Crippen LogP contribution is 2.27. The lowest BCUT2D eigenvalue weighted by Crippen LogP contribution is -2.26. The zero-order valence-corrected chi connectivity index (χ0v) is 11.3. The molecule has 0 bridgehead atoms. The Balaban J connectivity index is 2.70. The number of hydrogen-bond donors (Lipinski definition) is 1. The minimum Gasteiger partial charge on any atom is -0.493 e. The van der Waals surface area contributed by atoms with Crippen LogP contribution >= 0.6 is 0 Å². The van der Waals surface area contributed by atoms with Gasteiger partial charge < -0.3 is 9.47 Å². The molecule has 0 heterocycles. The highest BCUT2D eigenvalue weighted by atomic mass is 16.5. The number of hydrogen-bond acceptors (Lipinski definition) is 3. The van der Waals surface area contributed by atoms with Crippen LogP contribution in [0.3, 0.4) is 0 Å². The summed E-state index contributed by atoms with van der Waals surface area (Å²) >= 11 is 0. The number of benzene rings is 1. The second-order valence-corrected chi connectivity index (χ2v) is 3.93. The number of methoxy groups -OCH3 is 1. The molecule has 3 heteroatoms. The van der Waals surface area contributed by atoms with Gasteiger partial charge in [-0.05, 0) is 31.0 Å². The molecule has 98 valence electrons. The fraction of sp³-hybridized carbons (Fsp3) is 0.467. The van der Waals surface area contributed by atoms with E-state index in [1.165, 1.54) is 0 Å². The first-order valence-corrected chi connectivity index (χ1v) is 6.24. The Labute approximate surface area is 109 Å². The van der Waals surface area contributed by atoms with Crippen molar-refractivity contribution in [2.75, 3.05) is 13.7 Å². The van der Waals surface area contributed by atoms with Crippen LogP contribution in [-0.2, 0) is 6.54 Å². The number of nitrogens with one attached hydrogen (secondary N) is 1. The number of rotatable bonds is 7. The van der Waals surface area contributed by atoms with Gasteiger partial charge in [-0.25, -0.2) is 0 Å². The van der Waals surface area contributed by atoms with Crippen LogP contribution in [0.1, 0.15) is 25.8 Å². The van der Waals surface area contributed by atoms with Crippen molar-refractivity contribution in [3.05, 3.63) is 23.8 Å². The van der Waals surface area contributed by atoms with Crippen molar-refractivity contribution in [2.24, 2.45) is 0 Å². The van der Waals surface area contributed by atoms with Gasteiger partial charge in [0.15, 0.2) is 11.5 Å². The highest BCUT2D eigenvalue weighted by molar-refractivity contribution is 5.42. The third kappa shape index (κ3) is 3.97. The molecule has 1 N–H and O–H groups in total. The SMILES string of the molecule is C#CC(CC)NCc1ccc(OCC)c(OC)c1. The van der Waals surface area contributed by atoms with Gasteiger partial charge in [-0.2, -0.15) is 0 Å². The van der Waals surface area contributed by atoms with Crippen LogP contribution in [-0.4, -0.2) is 19.8 Å². The summed E-state index contributed by atoms with van der Waals surface area (Å²) in [6.45, 7) is 5.37. The maximum absolute atomic E-state index is 5.47. The molecule has 0 aromatic heterocycles. The van der Waals surface area contributed by atoms with E-state index in [-0.39, 0.29) is 6.04 Å². The Morgan fingerprint density at radius 2 is 2.11 bits per heavy atom. The minimum absolute atomic E-state index is 0.113. The highest BCUT2D eigenvalue weighted by Gasteiger charge is 2.06. The lowest BCUT2D eigenvalue weighted by Gasteiger charge is -2.13. The first-order valence-electron chi connectivity index (χ1n) is 6.24. The maximum Gasteiger partial charge on any atom is 0.161 e. The lowest BCUT2D eigenvalue weighted by atomic mass is 10.1. The summed E-state index contributed by atoms with van der Waals surface area (Å²) in [5.41, 5.74) is 1.13.